The van der Waals surface area contributed by atoms with Crippen LogP contribution >= 0.6 is 0 Å². The standard InChI is InChI=1S/C15H23NO3/c1-15(2,17)10-19-14-8-13(18-3)7-4-11(14)9-16-12-5-6-12/h4,7-8,12,16-17H,5-6,9-10H2,1-3H3. The zero-order chi connectivity index (χ0) is 13.9. The van der Waals surface area contributed by atoms with E-state index in [1.807, 2.05) is 18.2 Å². The number of hydrogen-bond acceptors (Lipinski definition) is 4. The quantitative estimate of drug-likeness (QED) is 0.792. The van der Waals surface area contributed by atoms with Gasteiger partial charge in [0.1, 0.15) is 18.1 Å². The molecule has 1 fully saturated rings. The average Bonchev–Trinajstić information content (AvgIpc) is 3.17. The summed E-state index contributed by atoms with van der Waals surface area (Å²) in [5, 5.41) is 13.2. The molecule has 1 saturated carbocycles. The van der Waals surface area contributed by atoms with E-state index in [-0.39, 0.29) is 6.61 Å². The van der Waals surface area contributed by atoms with E-state index in [1.54, 1.807) is 21.0 Å². The normalized spacial score (nSPS) is 15.4. The molecule has 4 heteroatoms. The van der Waals surface area contributed by atoms with E-state index in [1.165, 1.54) is 12.8 Å². The summed E-state index contributed by atoms with van der Waals surface area (Å²) in [5.41, 5.74) is 0.251. The highest BCUT2D eigenvalue weighted by atomic mass is 16.5. The van der Waals surface area contributed by atoms with Crippen molar-refractivity contribution in [1.82, 2.24) is 5.32 Å². The minimum absolute atomic E-state index is 0.261. The molecule has 2 rings (SSSR count). The second-order valence-electron chi connectivity index (χ2n) is 5.73. The van der Waals surface area contributed by atoms with Crippen LogP contribution in [0.2, 0.25) is 0 Å². The summed E-state index contributed by atoms with van der Waals surface area (Å²) in [6, 6.07) is 6.47. The van der Waals surface area contributed by atoms with Crippen LogP contribution < -0.4 is 14.8 Å². The number of methoxy groups -OCH3 is 1. The summed E-state index contributed by atoms with van der Waals surface area (Å²) >= 11 is 0. The van der Waals surface area contributed by atoms with Gasteiger partial charge >= 0.3 is 0 Å². The highest BCUT2D eigenvalue weighted by Crippen LogP contribution is 2.27. The maximum Gasteiger partial charge on any atom is 0.127 e. The number of nitrogens with one attached hydrogen (secondary N) is 1. The molecule has 0 aromatic heterocycles. The monoisotopic (exact) mass is 265 g/mol. The van der Waals surface area contributed by atoms with Crippen molar-refractivity contribution in [2.75, 3.05) is 13.7 Å². The summed E-state index contributed by atoms with van der Waals surface area (Å²) in [5.74, 6) is 1.54. The zero-order valence-corrected chi connectivity index (χ0v) is 11.9. The van der Waals surface area contributed by atoms with Gasteiger partial charge in [-0.15, -0.1) is 0 Å². The average molecular weight is 265 g/mol. The molecule has 0 bridgehead atoms. The largest absolute Gasteiger partial charge is 0.497 e. The molecule has 1 aromatic carbocycles. The fraction of sp³-hybridized carbons (Fsp3) is 0.600. The number of hydrogen-bond donors (Lipinski definition) is 2. The first kappa shape index (κ1) is 14.2. The summed E-state index contributed by atoms with van der Waals surface area (Å²) in [6.07, 6.45) is 2.52. The van der Waals surface area contributed by atoms with Crippen molar-refractivity contribution in [3.8, 4) is 11.5 Å². The number of aliphatic hydroxyl groups is 1. The number of benzene rings is 1. The Balaban J connectivity index is 2.05. The Bertz CT molecular complexity index is 422. The Morgan fingerprint density at radius 2 is 2.11 bits per heavy atom. The van der Waals surface area contributed by atoms with Crippen molar-refractivity contribution in [3.63, 3.8) is 0 Å². The molecule has 0 atom stereocenters. The smallest absolute Gasteiger partial charge is 0.127 e. The third-order valence-corrected chi connectivity index (χ3v) is 3.01. The first-order valence-electron chi connectivity index (χ1n) is 6.73. The van der Waals surface area contributed by atoms with Crippen LogP contribution in [0, 0.1) is 0 Å². The maximum atomic E-state index is 9.75. The molecule has 1 aliphatic carbocycles. The Labute approximate surface area is 114 Å². The van der Waals surface area contributed by atoms with Crippen LogP contribution in [0.3, 0.4) is 0 Å². The van der Waals surface area contributed by atoms with E-state index in [2.05, 4.69) is 5.32 Å². The number of rotatable bonds is 7. The molecule has 2 N–H and O–H groups in total. The molecule has 0 unspecified atom stereocenters. The van der Waals surface area contributed by atoms with E-state index < -0.39 is 5.60 Å². The highest BCUT2D eigenvalue weighted by molar-refractivity contribution is 5.40. The Kier molecular flexibility index (Phi) is 4.32. The molecule has 19 heavy (non-hydrogen) atoms. The van der Waals surface area contributed by atoms with Gasteiger partial charge in [-0.25, -0.2) is 0 Å². The van der Waals surface area contributed by atoms with Crippen molar-refractivity contribution < 1.29 is 14.6 Å². The van der Waals surface area contributed by atoms with Gasteiger partial charge in [0, 0.05) is 24.2 Å². The van der Waals surface area contributed by atoms with Crippen LogP contribution in [0.1, 0.15) is 32.3 Å². The molecule has 0 aliphatic heterocycles. The SMILES string of the molecule is COc1ccc(CNC2CC2)c(OCC(C)(C)O)c1. The van der Waals surface area contributed by atoms with Crippen molar-refractivity contribution in [2.24, 2.45) is 0 Å². The van der Waals surface area contributed by atoms with Crippen LogP contribution in [-0.4, -0.2) is 30.5 Å². The summed E-state index contributed by atoms with van der Waals surface area (Å²) in [7, 11) is 1.64. The lowest BCUT2D eigenvalue weighted by atomic mass is 10.1. The van der Waals surface area contributed by atoms with E-state index in [0.717, 1.165) is 23.6 Å². The van der Waals surface area contributed by atoms with Crippen molar-refractivity contribution in [2.45, 2.75) is 44.9 Å². The third-order valence-electron chi connectivity index (χ3n) is 3.01. The molecular formula is C15H23NO3. The van der Waals surface area contributed by atoms with E-state index >= 15 is 0 Å². The summed E-state index contributed by atoms with van der Waals surface area (Å²) < 4.78 is 10.9. The molecule has 0 amide bonds. The van der Waals surface area contributed by atoms with E-state index in [4.69, 9.17) is 9.47 Å². The minimum atomic E-state index is -0.843. The molecule has 4 nitrogen and oxygen atoms in total. The molecule has 0 heterocycles. The second-order valence-corrected chi connectivity index (χ2v) is 5.73. The van der Waals surface area contributed by atoms with Gasteiger partial charge < -0.3 is 19.9 Å². The van der Waals surface area contributed by atoms with Gasteiger partial charge in [0.05, 0.1) is 12.7 Å². The lowest BCUT2D eigenvalue weighted by Crippen LogP contribution is -2.28. The van der Waals surface area contributed by atoms with Crippen LogP contribution in [0.5, 0.6) is 11.5 Å². The van der Waals surface area contributed by atoms with Gasteiger partial charge in [0.2, 0.25) is 0 Å². The fourth-order valence-corrected chi connectivity index (χ4v) is 1.74. The Morgan fingerprint density at radius 3 is 2.68 bits per heavy atom. The predicted molar refractivity (Wildman–Crippen MR) is 74.6 cm³/mol. The van der Waals surface area contributed by atoms with Crippen molar-refractivity contribution >= 4 is 0 Å². The van der Waals surface area contributed by atoms with Gasteiger partial charge in [-0.05, 0) is 32.8 Å². The lowest BCUT2D eigenvalue weighted by Gasteiger charge is -2.20. The number of ether oxygens (including phenoxy) is 2. The highest BCUT2D eigenvalue weighted by Gasteiger charge is 2.21. The summed E-state index contributed by atoms with van der Waals surface area (Å²) in [4.78, 5) is 0. The minimum Gasteiger partial charge on any atom is -0.497 e. The van der Waals surface area contributed by atoms with Crippen molar-refractivity contribution in [3.05, 3.63) is 23.8 Å². The van der Waals surface area contributed by atoms with Gasteiger partial charge in [-0.3, -0.25) is 0 Å². The predicted octanol–water partition coefficient (Wildman–Crippen LogP) is 2.10. The zero-order valence-electron chi connectivity index (χ0n) is 11.9. The summed E-state index contributed by atoms with van der Waals surface area (Å²) in [6.45, 7) is 4.51. The second kappa shape index (κ2) is 5.80. The molecule has 106 valence electrons. The topological polar surface area (TPSA) is 50.7 Å². The fourth-order valence-electron chi connectivity index (χ4n) is 1.74. The van der Waals surface area contributed by atoms with Crippen LogP contribution in [0.4, 0.5) is 0 Å². The Morgan fingerprint density at radius 1 is 1.37 bits per heavy atom. The Hall–Kier alpha value is -1.26. The molecular weight excluding hydrogens is 242 g/mol. The van der Waals surface area contributed by atoms with Gasteiger partial charge in [-0.2, -0.15) is 0 Å². The molecule has 1 aromatic rings. The molecule has 0 radical (unpaired) electrons. The van der Waals surface area contributed by atoms with Crippen LogP contribution in [0.25, 0.3) is 0 Å². The van der Waals surface area contributed by atoms with E-state index in [9.17, 15) is 5.11 Å². The third kappa shape index (κ3) is 4.73. The molecule has 0 spiro atoms. The van der Waals surface area contributed by atoms with Gasteiger partial charge in [-0.1, -0.05) is 6.07 Å². The van der Waals surface area contributed by atoms with E-state index in [0.29, 0.717) is 6.04 Å². The molecule has 1 aliphatic rings. The van der Waals surface area contributed by atoms with Crippen LogP contribution in [0.15, 0.2) is 18.2 Å². The first-order chi connectivity index (χ1) is 8.98. The van der Waals surface area contributed by atoms with Gasteiger partial charge in [0.25, 0.3) is 0 Å². The molecule has 0 saturated heterocycles. The van der Waals surface area contributed by atoms with Crippen molar-refractivity contribution in [1.29, 1.82) is 0 Å². The maximum absolute atomic E-state index is 9.75. The van der Waals surface area contributed by atoms with Gasteiger partial charge in [0.15, 0.2) is 0 Å². The van der Waals surface area contributed by atoms with Crippen LogP contribution in [-0.2, 0) is 6.54 Å². The first-order valence-corrected chi connectivity index (χ1v) is 6.73. The lowest BCUT2D eigenvalue weighted by molar-refractivity contribution is 0.0280.